The maximum absolute atomic E-state index is 10.5. The van der Waals surface area contributed by atoms with Crippen molar-refractivity contribution in [3.63, 3.8) is 0 Å². The van der Waals surface area contributed by atoms with E-state index in [-0.39, 0.29) is 12.6 Å². The van der Waals surface area contributed by atoms with E-state index >= 15 is 0 Å². The molecule has 4 heteroatoms. The van der Waals surface area contributed by atoms with Crippen molar-refractivity contribution in [1.82, 2.24) is 0 Å². The standard InChI is InChI=1S/C6H12O3.2C5H5.Fe/c1-3-8-5-6(7)9-4-2;2*1-2-4-5-3-1;/h3-5H2,1-2H3;2*1-5H;. The summed E-state index contributed by atoms with van der Waals surface area (Å²) in [6.07, 6.45) is 0. The molecule has 10 aliphatic rings. The Bertz CT molecular complexity index is 752. The van der Waals surface area contributed by atoms with Gasteiger partial charge in [-0.25, -0.2) is 4.79 Å². The summed E-state index contributed by atoms with van der Waals surface area (Å²) in [5, 5.41) is 0. The van der Waals surface area contributed by atoms with E-state index in [1.54, 1.807) is 55.1 Å². The molecule has 20 heavy (non-hydrogen) atoms. The summed E-state index contributed by atoms with van der Waals surface area (Å²) in [6, 6.07) is 0. The topological polar surface area (TPSA) is 35.5 Å². The summed E-state index contributed by atoms with van der Waals surface area (Å²) in [5.74, 6) is -0.292. The van der Waals surface area contributed by atoms with Crippen LogP contribution in [0.5, 0.6) is 0 Å². The molecule has 112 valence electrons. The Labute approximate surface area is 109 Å². The first kappa shape index (κ1) is 9.17. The number of carbonyl (C=O) groups excluding carboxylic acids is 1. The zero-order valence-corrected chi connectivity index (χ0v) is 13.1. The van der Waals surface area contributed by atoms with E-state index in [2.05, 4.69) is 4.74 Å². The first-order valence-electron chi connectivity index (χ1n) is 8.42. The van der Waals surface area contributed by atoms with Crippen LogP contribution in [0, 0.1) is 0 Å². The van der Waals surface area contributed by atoms with Crippen molar-refractivity contribution in [1.29, 1.82) is 0 Å². The molecule has 10 saturated heterocycles. The average molecular weight is 318 g/mol. The molecule has 0 saturated carbocycles. The molecule has 0 aromatic rings. The van der Waals surface area contributed by atoms with E-state index < -0.39 is 6.51 Å². The monoisotopic (exact) mass is 318 g/mol. The van der Waals surface area contributed by atoms with Gasteiger partial charge in [0.25, 0.3) is 0 Å². The van der Waals surface area contributed by atoms with Gasteiger partial charge in [0.2, 0.25) is 0 Å². The van der Waals surface area contributed by atoms with Crippen LogP contribution in [0.3, 0.4) is 0 Å². The molecule has 0 radical (unpaired) electrons. The second-order valence-corrected chi connectivity index (χ2v) is 35.0. The summed E-state index contributed by atoms with van der Waals surface area (Å²) in [5.41, 5.74) is 0. The SMILES string of the molecule is CCOCC(=O)OCC.[CH]12[CH]3[CH]4[CH]5[CH]1[Fe]23451678[CH]2[CH]1[CH]6[CH]7[CH]28. The Morgan fingerprint density at radius 1 is 0.800 bits per heavy atom. The molecule has 10 fully saturated rings. The second-order valence-electron chi connectivity index (χ2n) is 11.0. The number of rotatable bonds is 4. The zero-order chi connectivity index (χ0) is 13.2. The third-order valence-electron chi connectivity index (χ3n) is 15.3. The predicted octanol–water partition coefficient (Wildman–Crippen LogP) is 3.96. The van der Waals surface area contributed by atoms with Crippen LogP contribution in [0.1, 0.15) is 13.8 Å². The zero-order valence-electron chi connectivity index (χ0n) is 12.0. The molecular formula is C16H22FeO3. The number of fused-ring (bicyclic) bond motifs is 10. The van der Waals surface area contributed by atoms with E-state index in [0.717, 1.165) is 0 Å². The molecule has 0 aromatic heterocycles. The van der Waals surface area contributed by atoms with E-state index in [1.165, 1.54) is 0 Å². The molecule has 0 unspecified atom stereocenters. The fraction of sp³-hybridized carbons (Fsp3) is 0.938. The fourth-order valence-corrected chi connectivity index (χ4v) is 88.4. The van der Waals surface area contributed by atoms with Crippen LogP contribution in [-0.2, 0) is 20.8 Å². The van der Waals surface area contributed by atoms with Gasteiger partial charge in [-0.3, -0.25) is 0 Å². The quantitative estimate of drug-likeness (QED) is 0.581. The molecule has 3 nitrogen and oxygen atoms in total. The average Bonchev–Trinajstić information content (AvgIpc) is 3.39. The number of carbonyl (C=O) groups is 1. The molecule has 0 N–H and O–H groups in total. The molecule has 0 bridgehead atoms. The van der Waals surface area contributed by atoms with Crippen molar-refractivity contribution in [3.05, 3.63) is 0 Å². The predicted molar refractivity (Wildman–Crippen MR) is 70.6 cm³/mol. The molecule has 0 atom stereocenters. The molecule has 1 spiro atoms. The van der Waals surface area contributed by atoms with Crippen molar-refractivity contribution in [3.8, 4) is 0 Å². The number of esters is 1. The molecule has 0 aromatic carbocycles. The van der Waals surface area contributed by atoms with Crippen molar-refractivity contribution in [2.75, 3.05) is 19.8 Å². The normalized spacial score (nSPS) is 98.1. The molecule has 0 amide bonds. The van der Waals surface area contributed by atoms with E-state index in [4.69, 9.17) is 4.74 Å². The third-order valence-corrected chi connectivity index (χ3v) is 57.2. The minimum absolute atomic E-state index is 0.0737. The Balaban J connectivity index is 0.0000000826. The van der Waals surface area contributed by atoms with Gasteiger partial charge in [-0.15, -0.1) is 0 Å². The molecule has 0 aliphatic carbocycles. The Morgan fingerprint density at radius 3 is 1.40 bits per heavy atom. The third kappa shape index (κ3) is 0.120. The maximum atomic E-state index is 10.5. The van der Waals surface area contributed by atoms with Gasteiger partial charge in [0.05, 0.1) is 6.61 Å². The first-order chi connectivity index (χ1) is 9.47. The van der Waals surface area contributed by atoms with Crippen LogP contribution in [0.25, 0.3) is 0 Å². The van der Waals surface area contributed by atoms with Crippen molar-refractivity contribution < 1.29 is 20.8 Å². The summed E-state index contributed by atoms with van der Waals surface area (Å²) in [4.78, 5) is 26.4. The summed E-state index contributed by atoms with van der Waals surface area (Å²) in [6.45, 7) is 2.37. The number of hydrogen-bond donors (Lipinski definition) is 0. The van der Waals surface area contributed by atoms with Gasteiger partial charge in [0, 0.05) is 6.61 Å². The van der Waals surface area contributed by atoms with Crippen LogP contribution in [0.2, 0.25) is 48.2 Å². The molecule has 10 aliphatic heterocycles. The Hall–Kier alpha value is -0.0505. The van der Waals surface area contributed by atoms with Crippen LogP contribution in [0.4, 0.5) is 0 Å². The van der Waals surface area contributed by atoms with Crippen molar-refractivity contribution >= 4 is 5.97 Å². The van der Waals surface area contributed by atoms with Crippen molar-refractivity contribution in [2.24, 2.45) is 0 Å². The number of ether oxygens (including phenoxy) is 2. The van der Waals surface area contributed by atoms with Crippen LogP contribution >= 0.6 is 0 Å². The van der Waals surface area contributed by atoms with Gasteiger partial charge < -0.3 is 9.47 Å². The molecular weight excluding hydrogens is 296 g/mol. The van der Waals surface area contributed by atoms with Crippen molar-refractivity contribution in [2.45, 2.75) is 62.0 Å². The van der Waals surface area contributed by atoms with Gasteiger partial charge in [0.1, 0.15) is 6.61 Å². The molecule has 10 rings (SSSR count). The van der Waals surface area contributed by atoms with Crippen LogP contribution in [-0.4, -0.2) is 25.8 Å². The minimum atomic E-state index is -2.28. The Morgan fingerprint density at radius 2 is 1.20 bits per heavy atom. The summed E-state index contributed by atoms with van der Waals surface area (Å²) in [7, 11) is 0. The van der Waals surface area contributed by atoms with E-state index in [0.29, 0.717) is 13.2 Å². The van der Waals surface area contributed by atoms with Gasteiger partial charge in [-0.05, 0) is 13.8 Å². The summed E-state index contributed by atoms with van der Waals surface area (Å²) < 4.78 is 9.35. The van der Waals surface area contributed by atoms with Gasteiger partial charge >= 0.3 is 60.6 Å². The van der Waals surface area contributed by atoms with Crippen LogP contribution < -0.4 is 0 Å². The van der Waals surface area contributed by atoms with Gasteiger partial charge in [-0.1, -0.05) is 0 Å². The Kier molecular flexibility index (Phi) is 0.407. The number of hydrogen-bond acceptors (Lipinski definition) is 3. The van der Waals surface area contributed by atoms with E-state index in [1.807, 2.05) is 6.92 Å². The second kappa shape index (κ2) is 0.887. The fourth-order valence-electron chi connectivity index (χ4n) is 16.2. The van der Waals surface area contributed by atoms with Crippen LogP contribution in [0.15, 0.2) is 0 Å². The first-order valence-corrected chi connectivity index (χ1v) is 14.8. The summed E-state index contributed by atoms with van der Waals surface area (Å²) >= 11 is 0. The van der Waals surface area contributed by atoms with Gasteiger partial charge in [-0.2, -0.15) is 0 Å². The molecule has 10 heterocycles. The van der Waals surface area contributed by atoms with E-state index in [9.17, 15) is 4.79 Å². The van der Waals surface area contributed by atoms with Gasteiger partial charge in [0.15, 0.2) is 0 Å².